The number of aryl methyl sites for hydroxylation is 4. The Morgan fingerprint density at radius 3 is 2.81 bits per heavy atom. The highest BCUT2D eigenvalue weighted by molar-refractivity contribution is 7.18. The summed E-state index contributed by atoms with van der Waals surface area (Å²) in [4.78, 5) is 31.0. The van der Waals surface area contributed by atoms with Gasteiger partial charge < -0.3 is 5.32 Å². The topological polar surface area (TPSA) is 89.8 Å². The van der Waals surface area contributed by atoms with Gasteiger partial charge in [-0.25, -0.2) is 4.98 Å². The first-order chi connectivity index (χ1) is 13.0. The maximum absolute atomic E-state index is 12.6. The molecule has 0 spiro atoms. The lowest BCUT2D eigenvalue weighted by Crippen LogP contribution is -2.23. The normalized spacial score (nSPS) is 11.2. The van der Waals surface area contributed by atoms with Gasteiger partial charge in [0.25, 0.3) is 5.56 Å². The molecule has 3 aromatic heterocycles. The van der Waals surface area contributed by atoms with E-state index in [0.717, 1.165) is 46.0 Å². The SMILES string of the molecule is CCCCCc1nnc(NC(=O)CCn2cnc3sc(C)c(C)c3c2=O)s1. The fourth-order valence-electron chi connectivity index (χ4n) is 2.76. The molecule has 3 aromatic rings. The lowest BCUT2D eigenvalue weighted by molar-refractivity contribution is -0.116. The molecule has 0 fully saturated rings. The van der Waals surface area contributed by atoms with E-state index < -0.39 is 0 Å². The fraction of sp³-hybridized carbons (Fsp3) is 0.500. The molecule has 1 amide bonds. The van der Waals surface area contributed by atoms with Crippen LogP contribution in [0.25, 0.3) is 10.2 Å². The van der Waals surface area contributed by atoms with E-state index >= 15 is 0 Å². The van der Waals surface area contributed by atoms with E-state index in [-0.39, 0.29) is 24.4 Å². The Balaban J connectivity index is 1.59. The van der Waals surface area contributed by atoms with Gasteiger partial charge in [-0.05, 0) is 25.8 Å². The van der Waals surface area contributed by atoms with Crippen molar-refractivity contribution in [3.05, 3.63) is 32.1 Å². The number of carbonyl (C=O) groups is 1. The summed E-state index contributed by atoms with van der Waals surface area (Å²) in [5.41, 5.74) is 0.875. The van der Waals surface area contributed by atoms with Gasteiger partial charge in [-0.2, -0.15) is 0 Å². The summed E-state index contributed by atoms with van der Waals surface area (Å²) in [7, 11) is 0. The minimum atomic E-state index is -0.184. The van der Waals surface area contributed by atoms with Crippen LogP contribution in [0.15, 0.2) is 11.1 Å². The summed E-state index contributed by atoms with van der Waals surface area (Å²) in [6.45, 7) is 6.36. The number of aromatic nitrogens is 4. The van der Waals surface area contributed by atoms with Crippen LogP contribution in [0, 0.1) is 13.8 Å². The molecule has 0 saturated heterocycles. The Kier molecular flexibility index (Phi) is 6.33. The number of rotatable bonds is 8. The van der Waals surface area contributed by atoms with E-state index in [2.05, 4.69) is 27.4 Å². The maximum atomic E-state index is 12.6. The van der Waals surface area contributed by atoms with E-state index in [1.165, 1.54) is 33.6 Å². The van der Waals surface area contributed by atoms with Crippen molar-refractivity contribution < 1.29 is 4.79 Å². The van der Waals surface area contributed by atoms with E-state index in [0.29, 0.717) is 10.5 Å². The van der Waals surface area contributed by atoms with Crippen molar-refractivity contribution in [2.45, 2.75) is 59.4 Å². The minimum Gasteiger partial charge on any atom is -0.300 e. The molecule has 0 unspecified atom stereocenters. The number of carbonyl (C=O) groups excluding carboxylic acids is 1. The van der Waals surface area contributed by atoms with Crippen LogP contribution in [0.4, 0.5) is 5.13 Å². The van der Waals surface area contributed by atoms with Gasteiger partial charge in [0.15, 0.2) is 0 Å². The van der Waals surface area contributed by atoms with Gasteiger partial charge in [0.1, 0.15) is 9.84 Å². The summed E-state index contributed by atoms with van der Waals surface area (Å²) < 4.78 is 1.50. The highest BCUT2D eigenvalue weighted by Gasteiger charge is 2.13. The molecule has 3 rings (SSSR count). The lowest BCUT2D eigenvalue weighted by atomic mass is 10.2. The van der Waals surface area contributed by atoms with Gasteiger partial charge in [0.2, 0.25) is 11.0 Å². The molecule has 0 aliphatic carbocycles. The minimum absolute atomic E-state index is 0.0937. The molecule has 9 heteroatoms. The first-order valence-electron chi connectivity index (χ1n) is 9.07. The van der Waals surface area contributed by atoms with Crippen LogP contribution in [0.1, 0.15) is 48.1 Å². The number of thiophene rings is 1. The Labute approximate surface area is 165 Å². The largest absolute Gasteiger partial charge is 0.300 e. The number of hydrogen-bond acceptors (Lipinski definition) is 7. The number of amides is 1. The predicted octanol–water partition coefficient (Wildman–Crippen LogP) is 3.69. The van der Waals surface area contributed by atoms with Gasteiger partial charge in [-0.15, -0.1) is 21.5 Å². The molecule has 7 nitrogen and oxygen atoms in total. The second-order valence-corrected chi connectivity index (χ2v) is 8.73. The fourth-order valence-corrected chi connectivity index (χ4v) is 4.55. The molecule has 144 valence electrons. The third-order valence-electron chi connectivity index (χ3n) is 4.44. The zero-order chi connectivity index (χ0) is 19.4. The summed E-state index contributed by atoms with van der Waals surface area (Å²) in [5, 5.41) is 13.0. The molecule has 27 heavy (non-hydrogen) atoms. The molecule has 0 bridgehead atoms. The molecule has 0 aliphatic heterocycles. The van der Waals surface area contributed by atoms with Gasteiger partial charge in [0, 0.05) is 24.3 Å². The van der Waals surface area contributed by atoms with Crippen LogP contribution in [0.3, 0.4) is 0 Å². The first kappa shape index (κ1) is 19.6. The Morgan fingerprint density at radius 1 is 1.22 bits per heavy atom. The second-order valence-electron chi connectivity index (χ2n) is 6.46. The first-order valence-corrected chi connectivity index (χ1v) is 10.7. The molecule has 0 aliphatic rings. The zero-order valence-corrected chi connectivity index (χ0v) is 17.4. The smallest absolute Gasteiger partial charge is 0.262 e. The van der Waals surface area contributed by atoms with Crippen molar-refractivity contribution in [3.63, 3.8) is 0 Å². The van der Waals surface area contributed by atoms with Gasteiger partial charge in [-0.3, -0.25) is 14.2 Å². The van der Waals surface area contributed by atoms with Crippen LogP contribution in [0.2, 0.25) is 0 Å². The van der Waals surface area contributed by atoms with Crippen molar-refractivity contribution in [1.29, 1.82) is 0 Å². The van der Waals surface area contributed by atoms with Crippen molar-refractivity contribution >= 4 is 43.9 Å². The number of nitrogens with zero attached hydrogens (tertiary/aromatic N) is 4. The summed E-state index contributed by atoms with van der Waals surface area (Å²) in [5.74, 6) is -0.184. The van der Waals surface area contributed by atoms with Gasteiger partial charge in [0.05, 0.1) is 11.7 Å². The Morgan fingerprint density at radius 2 is 2.04 bits per heavy atom. The van der Waals surface area contributed by atoms with Crippen LogP contribution in [-0.4, -0.2) is 25.7 Å². The standard InChI is InChI=1S/C18H23N5O2S2/c1-4-5-6-7-14-21-22-18(27-14)20-13(24)8-9-23-10-19-16-15(17(23)25)11(2)12(3)26-16/h10H,4-9H2,1-3H3,(H,20,22,24). The van der Waals surface area contributed by atoms with E-state index in [1.54, 1.807) is 0 Å². The van der Waals surface area contributed by atoms with Crippen molar-refractivity contribution in [2.75, 3.05) is 5.32 Å². The van der Waals surface area contributed by atoms with Crippen LogP contribution in [0.5, 0.6) is 0 Å². The number of fused-ring (bicyclic) bond motifs is 1. The van der Waals surface area contributed by atoms with E-state index in [9.17, 15) is 9.59 Å². The van der Waals surface area contributed by atoms with Crippen molar-refractivity contribution in [2.24, 2.45) is 0 Å². The quantitative estimate of drug-likeness (QED) is 0.577. The summed E-state index contributed by atoms with van der Waals surface area (Å²) in [6.07, 6.45) is 6.00. The third-order valence-corrected chi connectivity index (χ3v) is 6.46. The van der Waals surface area contributed by atoms with Crippen molar-refractivity contribution in [3.8, 4) is 0 Å². The highest BCUT2D eigenvalue weighted by Crippen LogP contribution is 2.25. The number of hydrogen-bond donors (Lipinski definition) is 1. The van der Waals surface area contributed by atoms with E-state index in [1.807, 2.05) is 13.8 Å². The summed E-state index contributed by atoms with van der Waals surface area (Å²) >= 11 is 2.93. The number of anilines is 1. The average molecular weight is 406 g/mol. The number of nitrogens with one attached hydrogen (secondary N) is 1. The lowest BCUT2D eigenvalue weighted by Gasteiger charge is -2.05. The van der Waals surface area contributed by atoms with Crippen molar-refractivity contribution in [1.82, 2.24) is 19.7 Å². The number of unbranched alkanes of at least 4 members (excludes halogenated alkanes) is 2. The maximum Gasteiger partial charge on any atom is 0.262 e. The van der Waals surface area contributed by atoms with Crippen LogP contribution < -0.4 is 10.9 Å². The van der Waals surface area contributed by atoms with Crippen LogP contribution >= 0.6 is 22.7 Å². The molecule has 0 radical (unpaired) electrons. The zero-order valence-electron chi connectivity index (χ0n) is 15.7. The Hall–Kier alpha value is -2.13. The van der Waals surface area contributed by atoms with Gasteiger partial charge in [-0.1, -0.05) is 31.1 Å². The molecular weight excluding hydrogens is 382 g/mol. The predicted molar refractivity (Wildman–Crippen MR) is 110 cm³/mol. The monoisotopic (exact) mass is 405 g/mol. The second kappa shape index (κ2) is 8.71. The molecule has 1 N–H and O–H groups in total. The third kappa shape index (κ3) is 4.59. The molecule has 3 heterocycles. The summed E-state index contributed by atoms with van der Waals surface area (Å²) in [6, 6.07) is 0. The van der Waals surface area contributed by atoms with E-state index in [4.69, 9.17) is 0 Å². The molecular formula is C18H23N5O2S2. The molecule has 0 aromatic carbocycles. The van der Waals surface area contributed by atoms with Crippen LogP contribution in [-0.2, 0) is 17.8 Å². The molecule has 0 atom stereocenters. The highest BCUT2D eigenvalue weighted by atomic mass is 32.1. The van der Waals surface area contributed by atoms with Gasteiger partial charge >= 0.3 is 0 Å². The Bertz CT molecular complexity index is 1010. The molecule has 0 saturated carbocycles. The average Bonchev–Trinajstić information content (AvgIpc) is 3.19.